The molecule has 1 aromatic rings. The molecule has 0 aliphatic heterocycles. The highest BCUT2D eigenvalue weighted by Crippen LogP contribution is 2.21. The van der Waals surface area contributed by atoms with Crippen molar-refractivity contribution in [1.29, 1.82) is 5.26 Å². The van der Waals surface area contributed by atoms with Crippen LogP contribution < -0.4 is 0 Å². The predicted molar refractivity (Wildman–Crippen MR) is 51.5 cm³/mol. The second-order valence-corrected chi connectivity index (χ2v) is 8.22. The summed E-state index contributed by atoms with van der Waals surface area (Å²) < 4.78 is 10.7. The lowest BCUT2D eigenvalue weighted by Crippen LogP contribution is -2.27. The lowest BCUT2D eigenvalue weighted by atomic mass is 10.3. The van der Waals surface area contributed by atoms with Crippen LogP contribution in [0, 0.1) is 11.3 Å². The Bertz CT molecular complexity index is 294. The Labute approximate surface area is 79.1 Å². The molecule has 1 rings (SSSR count). The molecule has 0 amide bonds. The second-order valence-electron chi connectivity index (χ2n) is 3.75. The SMILES string of the molecule is C[Si](C)(C)O[C@@H](C#N)c1ccco1. The van der Waals surface area contributed by atoms with Crippen LogP contribution in [0.3, 0.4) is 0 Å². The molecule has 0 N–H and O–H groups in total. The van der Waals surface area contributed by atoms with Gasteiger partial charge in [-0.05, 0) is 31.8 Å². The lowest BCUT2D eigenvalue weighted by molar-refractivity contribution is 0.222. The maximum absolute atomic E-state index is 8.85. The molecule has 0 saturated heterocycles. The summed E-state index contributed by atoms with van der Waals surface area (Å²) in [6.45, 7) is 6.13. The Morgan fingerprint density at radius 3 is 2.62 bits per heavy atom. The van der Waals surface area contributed by atoms with Gasteiger partial charge in [0.25, 0.3) is 0 Å². The van der Waals surface area contributed by atoms with E-state index in [0.29, 0.717) is 5.76 Å². The molecule has 0 aromatic carbocycles. The molecule has 0 saturated carbocycles. The summed E-state index contributed by atoms with van der Waals surface area (Å²) in [6, 6.07) is 5.59. The van der Waals surface area contributed by atoms with Gasteiger partial charge in [0.2, 0.25) is 0 Å². The van der Waals surface area contributed by atoms with Gasteiger partial charge in [-0.1, -0.05) is 0 Å². The summed E-state index contributed by atoms with van der Waals surface area (Å²) in [5, 5.41) is 8.85. The Hall–Kier alpha value is -1.05. The van der Waals surface area contributed by atoms with E-state index in [1.54, 1.807) is 18.4 Å². The Morgan fingerprint density at radius 1 is 1.54 bits per heavy atom. The summed E-state index contributed by atoms with van der Waals surface area (Å²) in [4.78, 5) is 0. The normalized spacial score (nSPS) is 13.7. The number of rotatable bonds is 3. The van der Waals surface area contributed by atoms with E-state index in [9.17, 15) is 0 Å². The van der Waals surface area contributed by atoms with E-state index in [-0.39, 0.29) is 0 Å². The van der Waals surface area contributed by atoms with Crippen molar-refractivity contribution >= 4 is 8.32 Å². The van der Waals surface area contributed by atoms with Gasteiger partial charge >= 0.3 is 0 Å². The third-order valence-corrected chi connectivity index (χ3v) is 2.33. The first-order valence-electron chi connectivity index (χ1n) is 4.14. The maximum atomic E-state index is 8.85. The van der Waals surface area contributed by atoms with Gasteiger partial charge in [0, 0.05) is 0 Å². The van der Waals surface area contributed by atoms with Gasteiger partial charge in [0.1, 0.15) is 11.8 Å². The first-order chi connectivity index (χ1) is 6.03. The molecule has 3 nitrogen and oxygen atoms in total. The van der Waals surface area contributed by atoms with Crippen molar-refractivity contribution in [3.63, 3.8) is 0 Å². The van der Waals surface area contributed by atoms with Crippen LogP contribution in [-0.4, -0.2) is 8.32 Å². The number of nitrogens with zero attached hydrogens (tertiary/aromatic N) is 1. The maximum Gasteiger partial charge on any atom is 0.192 e. The van der Waals surface area contributed by atoms with Crippen LogP contribution in [0.4, 0.5) is 0 Å². The van der Waals surface area contributed by atoms with Crippen LogP contribution in [0.2, 0.25) is 19.6 Å². The van der Waals surface area contributed by atoms with Gasteiger partial charge in [-0.15, -0.1) is 0 Å². The molecule has 13 heavy (non-hydrogen) atoms. The van der Waals surface area contributed by atoms with E-state index >= 15 is 0 Å². The van der Waals surface area contributed by atoms with Crippen LogP contribution in [0.5, 0.6) is 0 Å². The zero-order valence-corrected chi connectivity index (χ0v) is 9.07. The number of nitriles is 1. The van der Waals surface area contributed by atoms with Crippen molar-refractivity contribution in [2.24, 2.45) is 0 Å². The summed E-state index contributed by atoms with van der Waals surface area (Å²) in [5.41, 5.74) is 0. The first-order valence-corrected chi connectivity index (χ1v) is 7.54. The third kappa shape index (κ3) is 3.05. The average Bonchev–Trinajstić information content (AvgIpc) is 2.50. The minimum atomic E-state index is -1.68. The monoisotopic (exact) mass is 195 g/mol. The number of hydrogen-bond donors (Lipinski definition) is 0. The molecule has 70 valence electrons. The quantitative estimate of drug-likeness (QED) is 0.697. The van der Waals surface area contributed by atoms with Crippen molar-refractivity contribution in [3.05, 3.63) is 24.2 Å². The zero-order valence-electron chi connectivity index (χ0n) is 8.07. The lowest BCUT2D eigenvalue weighted by Gasteiger charge is -2.19. The molecule has 1 atom stereocenters. The second kappa shape index (κ2) is 3.77. The van der Waals surface area contributed by atoms with Crippen molar-refractivity contribution in [2.75, 3.05) is 0 Å². The minimum Gasteiger partial charge on any atom is -0.465 e. The van der Waals surface area contributed by atoms with Crippen molar-refractivity contribution in [2.45, 2.75) is 25.7 Å². The molecular formula is C9H13NO2Si. The van der Waals surface area contributed by atoms with Crippen LogP contribution in [0.25, 0.3) is 0 Å². The van der Waals surface area contributed by atoms with Gasteiger partial charge < -0.3 is 8.84 Å². The van der Waals surface area contributed by atoms with Gasteiger partial charge in [-0.3, -0.25) is 0 Å². The largest absolute Gasteiger partial charge is 0.465 e. The van der Waals surface area contributed by atoms with Crippen LogP contribution in [-0.2, 0) is 4.43 Å². The minimum absolute atomic E-state index is 0.554. The predicted octanol–water partition coefficient (Wildman–Crippen LogP) is 2.70. The van der Waals surface area contributed by atoms with Crippen LogP contribution in [0.15, 0.2) is 22.8 Å². The highest BCUT2D eigenvalue weighted by Gasteiger charge is 2.23. The Kier molecular flexibility index (Phi) is 2.91. The fourth-order valence-electron chi connectivity index (χ4n) is 0.942. The zero-order chi connectivity index (χ0) is 9.90. The average molecular weight is 195 g/mol. The summed E-state index contributed by atoms with van der Waals surface area (Å²) in [5.74, 6) is 0.588. The molecule has 0 spiro atoms. The van der Waals surface area contributed by atoms with Crippen LogP contribution >= 0.6 is 0 Å². The summed E-state index contributed by atoms with van der Waals surface area (Å²) in [6.07, 6.45) is 0.995. The molecule has 0 fully saturated rings. The van der Waals surface area contributed by atoms with E-state index in [2.05, 4.69) is 6.07 Å². The van der Waals surface area contributed by atoms with E-state index in [1.165, 1.54) is 0 Å². The van der Waals surface area contributed by atoms with Crippen LogP contribution in [0.1, 0.15) is 11.9 Å². The van der Waals surface area contributed by atoms with E-state index in [1.807, 2.05) is 19.6 Å². The van der Waals surface area contributed by atoms with E-state index in [4.69, 9.17) is 14.1 Å². The number of hydrogen-bond acceptors (Lipinski definition) is 3. The topological polar surface area (TPSA) is 46.2 Å². The van der Waals surface area contributed by atoms with Gasteiger partial charge in [-0.2, -0.15) is 5.26 Å². The standard InChI is InChI=1S/C9H13NO2Si/c1-13(2,3)12-9(7-10)8-5-4-6-11-8/h4-6,9H,1-3H3/t9-/m0/s1. The fraction of sp³-hybridized carbons (Fsp3) is 0.444. The fourth-order valence-corrected chi connectivity index (χ4v) is 1.82. The summed E-state index contributed by atoms with van der Waals surface area (Å²) >= 11 is 0. The molecule has 0 aliphatic carbocycles. The van der Waals surface area contributed by atoms with Gasteiger partial charge in [0.15, 0.2) is 14.4 Å². The van der Waals surface area contributed by atoms with E-state index in [0.717, 1.165) is 0 Å². The van der Waals surface area contributed by atoms with Crippen molar-refractivity contribution in [3.8, 4) is 6.07 Å². The van der Waals surface area contributed by atoms with Gasteiger partial charge in [0.05, 0.1) is 6.26 Å². The Balaban J connectivity index is 2.72. The number of furan rings is 1. The first kappa shape index (κ1) is 10.0. The molecule has 0 unspecified atom stereocenters. The third-order valence-electron chi connectivity index (χ3n) is 1.39. The van der Waals surface area contributed by atoms with Gasteiger partial charge in [-0.25, -0.2) is 0 Å². The van der Waals surface area contributed by atoms with Crippen molar-refractivity contribution < 1.29 is 8.84 Å². The highest BCUT2D eigenvalue weighted by molar-refractivity contribution is 6.69. The summed E-state index contributed by atoms with van der Waals surface area (Å²) in [7, 11) is -1.68. The molecule has 0 radical (unpaired) electrons. The smallest absolute Gasteiger partial charge is 0.192 e. The molecule has 1 heterocycles. The highest BCUT2D eigenvalue weighted by atomic mass is 28.4. The van der Waals surface area contributed by atoms with Crippen molar-refractivity contribution in [1.82, 2.24) is 0 Å². The molecule has 0 bridgehead atoms. The Morgan fingerprint density at radius 2 is 2.23 bits per heavy atom. The molecule has 1 aromatic heterocycles. The molecule has 4 heteroatoms. The van der Waals surface area contributed by atoms with E-state index < -0.39 is 14.4 Å². The molecule has 0 aliphatic rings. The molecular weight excluding hydrogens is 182 g/mol.